The molecule has 0 unspecified atom stereocenters. The first-order valence-corrected chi connectivity index (χ1v) is 18.1. The quantitative estimate of drug-likeness (QED) is 0.344. The van der Waals surface area contributed by atoms with Crippen LogP contribution in [0.4, 0.5) is 0 Å². The van der Waals surface area contributed by atoms with E-state index in [9.17, 15) is 0 Å². The Morgan fingerprint density at radius 1 is 0.632 bits per heavy atom. The van der Waals surface area contributed by atoms with E-state index < -0.39 is 16.1 Å². The van der Waals surface area contributed by atoms with Gasteiger partial charge in [-0.15, -0.1) is 0 Å². The number of rotatable bonds is 6. The normalized spacial score (nSPS) is 11.3. The second kappa shape index (κ2) is 10.3. The van der Waals surface area contributed by atoms with Gasteiger partial charge in [-0.2, -0.15) is 0 Å². The van der Waals surface area contributed by atoms with Crippen molar-refractivity contribution in [1.82, 2.24) is 0 Å². The standard InChI is InChI=1S/C15H28Se2Si2/c1-18(2,3)14-12-16-10-8-7-9-11-17-13-15-19(4,5)6/h7-11H2,1-6H3. The van der Waals surface area contributed by atoms with Crippen LogP contribution in [0.3, 0.4) is 0 Å². The molecule has 0 fully saturated rings. The second-order valence-corrected chi connectivity index (χ2v) is 20.0. The first kappa shape index (κ1) is 19.6. The van der Waals surface area contributed by atoms with E-state index in [-0.39, 0.29) is 0 Å². The first-order valence-electron chi connectivity index (χ1n) is 6.99. The summed E-state index contributed by atoms with van der Waals surface area (Å²) < 4.78 is 0. The Morgan fingerprint density at radius 2 is 1.00 bits per heavy atom. The Balaban J connectivity index is 3.41. The molecular formula is C15H28Se2Si2. The molecule has 0 aliphatic heterocycles. The molecule has 0 heterocycles. The van der Waals surface area contributed by atoms with E-state index in [1.54, 1.807) is 0 Å². The molecule has 0 bridgehead atoms. The van der Waals surface area contributed by atoms with Crippen molar-refractivity contribution in [3.63, 3.8) is 0 Å². The molecule has 0 aliphatic carbocycles. The van der Waals surface area contributed by atoms with Gasteiger partial charge in [0.15, 0.2) is 0 Å². The van der Waals surface area contributed by atoms with Gasteiger partial charge >= 0.3 is 136 Å². The van der Waals surface area contributed by atoms with Crippen LogP contribution in [0.25, 0.3) is 0 Å². The van der Waals surface area contributed by atoms with E-state index in [2.05, 4.69) is 60.0 Å². The Morgan fingerprint density at radius 3 is 1.32 bits per heavy atom. The van der Waals surface area contributed by atoms with Crippen molar-refractivity contribution in [2.75, 3.05) is 0 Å². The molecule has 0 spiro atoms. The summed E-state index contributed by atoms with van der Waals surface area (Å²) in [6, 6.07) is 0. The van der Waals surface area contributed by atoms with E-state index in [1.165, 1.54) is 29.9 Å². The molecule has 0 aromatic carbocycles. The van der Waals surface area contributed by atoms with Gasteiger partial charge < -0.3 is 0 Å². The molecule has 0 N–H and O–H groups in total. The molecular weight excluding hydrogens is 394 g/mol. The fourth-order valence-electron chi connectivity index (χ4n) is 1.01. The van der Waals surface area contributed by atoms with Crippen LogP contribution in [-0.4, -0.2) is 46.1 Å². The average molecular weight is 422 g/mol. The monoisotopic (exact) mass is 424 g/mol. The molecule has 4 heteroatoms. The molecule has 0 rings (SSSR count). The van der Waals surface area contributed by atoms with Gasteiger partial charge in [-0.1, -0.05) is 0 Å². The zero-order chi connectivity index (χ0) is 14.8. The van der Waals surface area contributed by atoms with E-state index in [1.807, 2.05) is 0 Å². The van der Waals surface area contributed by atoms with Crippen LogP contribution in [0.2, 0.25) is 49.9 Å². The van der Waals surface area contributed by atoms with Crippen LogP contribution in [0.15, 0.2) is 0 Å². The van der Waals surface area contributed by atoms with Gasteiger partial charge in [-0.25, -0.2) is 0 Å². The molecule has 0 nitrogen and oxygen atoms in total. The molecule has 108 valence electrons. The summed E-state index contributed by atoms with van der Waals surface area (Å²) in [5.74, 6) is 0. The second-order valence-electron chi connectivity index (χ2n) is 6.71. The van der Waals surface area contributed by atoms with Gasteiger partial charge in [-0.3, -0.25) is 0 Å². The molecule has 0 saturated heterocycles. The van der Waals surface area contributed by atoms with E-state index >= 15 is 0 Å². The number of hydrogen-bond donors (Lipinski definition) is 0. The third-order valence-corrected chi connectivity index (χ3v) is 7.65. The van der Waals surface area contributed by atoms with Crippen LogP contribution in [0.5, 0.6) is 0 Å². The molecule has 0 radical (unpaired) electrons. The fourth-order valence-corrected chi connectivity index (χ4v) is 8.42. The van der Waals surface area contributed by atoms with Crippen molar-refractivity contribution < 1.29 is 0 Å². The Hall–Kier alpha value is 0.593. The third kappa shape index (κ3) is 18.6. The maximum absolute atomic E-state index is 3.46. The minimum absolute atomic E-state index is 0.572. The summed E-state index contributed by atoms with van der Waals surface area (Å²) in [6.45, 7) is 13.9. The van der Waals surface area contributed by atoms with Gasteiger partial charge in [0.05, 0.1) is 0 Å². The van der Waals surface area contributed by atoms with E-state index in [0.717, 1.165) is 0 Å². The minimum atomic E-state index is -1.12. The molecule has 0 aromatic rings. The number of hydrogen-bond acceptors (Lipinski definition) is 0. The van der Waals surface area contributed by atoms with Crippen molar-refractivity contribution in [2.45, 2.75) is 69.2 Å². The molecule has 19 heavy (non-hydrogen) atoms. The van der Waals surface area contributed by atoms with Crippen LogP contribution in [0, 0.1) is 20.7 Å². The molecule has 0 aromatic heterocycles. The van der Waals surface area contributed by atoms with E-state index in [4.69, 9.17) is 0 Å². The summed E-state index contributed by atoms with van der Waals surface area (Å²) in [5, 5.41) is 2.69. The van der Waals surface area contributed by atoms with Crippen LogP contribution >= 0.6 is 0 Å². The van der Waals surface area contributed by atoms with E-state index in [0.29, 0.717) is 29.9 Å². The summed E-state index contributed by atoms with van der Waals surface area (Å²) >= 11 is 1.14. The van der Waals surface area contributed by atoms with Gasteiger partial charge in [0, 0.05) is 0 Å². The summed E-state index contributed by atoms with van der Waals surface area (Å²) in [6.07, 6.45) is 4.13. The van der Waals surface area contributed by atoms with Gasteiger partial charge in [0.25, 0.3) is 0 Å². The fraction of sp³-hybridized carbons (Fsp3) is 0.733. The van der Waals surface area contributed by atoms with Crippen molar-refractivity contribution in [3.8, 4) is 20.7 Å². The summed E-state index contributed by atoms with van der Waals surface area (Å²) in [4.78, 5) is 6.83. The van der Waals surface area contributed by atoms with Crippen LogP contribution in [-0.2, 0) is 0 Å². The first-order chi connectivity index (χ1) is 8.71. The maximum atomic E-state index is 3.46. The molecule has 0 amide bonds. The van der Waals surface area contributed by atoms with Crippen molar-refractivity contribution in [3.05, 3.63) is 0 Å². The Labute approximate surface area is 135 Å². The zero-order valence-electron chi connectivity index (χ0n) is 13.4. The summed E-state index contributed by atoms with van der Waals surface area (Å²) in [5.41, 5.74) is 6.92. The van der Waals surface area contributed by atoms with Gasteiger partial charge in [-0.05, 0) is 0 Å². The average Bonchev–Trinajstić information content (AvgIpc) is 2.22. The van der Waals surface area contributed by atoms with Crippen molar-refractivity contribution in [1.29, 1.82) is 0 Å². The molecule has 0 atom stereocenters. The third-order valence-electron chi connectivity index (χ3n) is 1.99. The molecule has 0 aliphatic rings. The number of unbranched alkanes of at least 4 members (excludes halogenated alkanes) is 2. The van der Waals surface area contributed by atoms with Crippen molar-refractivity contribution >= 4 is 46.1 Å². The summed E-state index contributed by atoms with van der Waals surface area (Å²) in [7, 11) is -2.24. The zero-order valence-corrected chi connectivity index (χ0v) is 18.8. The predicted molar refractivity (Wildman–Crippen MR) is 97.2 cm³/mol. The Bertz CT molecular complexity index is 320. The Kier molecular flexibility index (Phi) is 10.7. The van der Waals surface area contributed by atoms with Gasteiger partial charge in [0.1, 0.15) is 0 Å². The van der Waals surface area contributed by atoms with Crippen LogP contribution in [0.1, 0.15) is 19.3 Å². The van der Waals surface area contributed by atoms with Gasteiger partial charge in [0.2, 0.25) is 0 Å². The van der Waals surface area contributed by atoms with Crippen LogP contribution < -0.4 is 0 Å². The molecule has 0 saturated carbocycles. The predicted octanol–water partition coefficient (Wildman–Crippen LogP) is 4.08. The topological polar surface area (TPSA) is 0 Å². The SMILES string of the molecule is C[Si](C)(C)C#C[Se]CCCCC[Se]C#C[Si](C)(C)C. The van der Waals surface area contributed by atoms with Crippen molar-refractivity contribution in [2.24, 2.45) is 0 Å².